The molecule has 1 unspecified atom stereocenters. The van der Waals surface area contributed by atoms with E-state index in [2.05, 4.69) is 15.9 Å². The van der Waals surface area contributed by atoms with Gasteiger partial charge in [-0.25, -0.2) is 0 Å². The number of nitrogens with two attached hydrogens (primary N) is 1. The van der Waals surface area contributed by atoms with E-state index in [9.17, 15) is 0 Å². The third-order valence-corrected chi connectivity index (χ3v) is 3.24. The van der Waals surface area contributed by atoms with Gasteiger partial charge >= 0.3 is 0 Å². The van der Waals surface area contributed by atoms with Gasteiger partial charge in [-0.2, -0.15) is 0 Å². The molecule has 1 aromatic carbocycles. The van der Waals surface area contributed by atoms with Crippen molar-refractivity contribution in [2.45, 2.75) is 26.0 Å². The average molecular weight is 310 g/mol. The number of benzene rings is 1. The molecule has 18 heavy (non-hydrogen) atoms. The van der Waals surface area contributed by atoms with Gasteiger partial charge in [0.2, 0.25) is 0 Å². The van der Waals surface area contributed by atoms with Crippen molar-refractivity contribution in [3.05, 3.63) is 52.4 Å². The van der Waals surface area contributed by atoms with Crippen molar-refractivity contribution in [2.75, 3.05) is 0 Å². The molecule has 0 aliphatic heterocycles. The molecule has 0 spiro atoms. The second-order valence-electron chi connectivity index (χ2n) is 4.36. The molecule has 4 heteroatoms. The zero-order valence-corrected chi connectivity index (χ0v) is 12.0. The lowest BCUT2D eigenvalue weighted by Gasteiger charge is -2.13. The molecule has 2 aromatic rings. The van der Waals surface area contributed by atoms with Crippen molar-refractivity contribution >= 4 is 15.9 Å². The van der Waals surface area contributed by atoms with Crippen LogP contribution >= 0.6 is 15.9 Å². The summed E-state index contributed by atoms with van der Waals surface area (Å²) in [7, 11) is 0. The van der Waals surface area contributed by atoms with Crippen LogP contribution in [0.3, 0.4) is 0 Å². The lowest BCUT2D eigenvalue weighted by atomic mass is 10.0. The van der Waals surface area contributed by atoms with Crippen LogP contribution in [0.1, 0.15) is 31.0 Å². The van der Waals surface area contributed by atoms with E-state index in [-0.39, 0.29) is 12.1 Å². The molecule has 0 aliphatic rings. The third kappa shape index (κ3) is 2.94. The first kappa shape index (κ1) is 13.2. The van der Waals surface area contributed by atoms with Gasteiger partial charge in [-0.1, -0.05) is 12.1 Å². The molecular formula is C14H16BrNO2. The second-order valence-corrected chi connectivity index (χ2v) is 5.08. The summed E-state index contributed by atoms with van der Waals surface area (Å²) in [4.78, 5) is 0. The highest BCUT2D eigenvalue weighted by Crippen LogP contribution is 2.28. The summed E-state index contributed by atoms with van der Waals surface area (Å²) in [5.41, 5.74) is 8.14. The van der Waals surface area contributed by atoms with Crippen LogP contribution in [0.25, 0.3) is 0 Å². The van der Waals surface area contributed by atoms with E-state index >= 15 is 0 Å². The quantitative estimate of drug-likeness (QED) is 0.932. The molecule has 1 heterocycles. The Morgan fingerprint density at radius 3 is 2.33 bits per heavy atom. The molecule has 2 rings (SSSR count). The fraction of sp³-hybridized carbons (Fsp3) is 0.286. The molecule has 1 aromatic heterocycles. The molecule has 2 N–H and O–H groups in total. The van der Waals surface area contributed by atoms with Gasteiger partial charge in [-0.3, -0.25) is 0 Å². The van der Waals surface area contributed by atoms with Crippen molar-refractivity contribution in [3.8, 4) is 5.75 Å². The molecule has 3 nitrogen and oxygen atoms in total. The maximum atomic E-state index is 6.18. The van der Waals surface area contributed by atoms with Crippen LogP contribution in [-0.2, 0) is 0 Å². The fourth-order valence-electron chi connectivity index (χ4n) is 1.73. The number of rotatable bonds is 4. The van der Waals surface area contributed by atoms with E-state index < -0.39 is 0 Å². The summed E-state index contributed by atoms with van der Waals surface area (Å²) in [6, 6.07) is 9.48. The minimum Gasteiger partial charge on any atom is -0.491 e. The van der Waals surface area contributed by atoms with E-state index in [0.717, 1.165) is 16.9 Å². The van der Waals surface area contributed by atoms with Crippen LogP contribution in [0, 0.1) is 0 Å². The summed E-state index contributed by atoms with van der Waals surface area (Å²) >= 11 is 3.34. The van der Waals surface area contributed by atoms with Gasteiger partial charge in [-0.05, 0) is 53.5 Å². The predicted octanol–water partition coefficient (Wildman–Crippen LogP) is 3.88. The maximum Gasteiger partial charge on any atom is 0.174 e. The SMILES string of the molecule is CC(C)Oc1ccc(C(N)c2ccoc2Br)cc1. The van der Waals surface area contributed by atoms with Crippen LogP contribution in [-0.4, -0.2) is 6.10 Å². The monoisotopic (exact) mass is 309 g/mol. The smallest absolute Gasteiger partial charge is 0.174 e. The fourth-order valence-corrected chi connectivity index (χ4v) is 2.22. The van der Waals surface area contributed by atoms with Crippen molar-refractivity contribution < 1.29 is 9.15 Å². The van der Waals surface area contributed by atoms with Gasteiger partial charge in [-0.15, -0.1) is 0 Å². The topological polar surface area (TPSA) is 48.4 Å². The zero-order chi connectivity index (χ0) is 13.1. The van der Waals surface area contributed by atoms with Crippen LogP contribution in [0.2, 0.25) is 0 Å². The van der Waals surface area contributed by atoms with Crippen LogP contribution in [0.5, 0.6) is 5.75 Å². The summed E-state index contributed by atoms with van der Waals surface area (Å²) in [5.74, 6) is 0.854. The minimum absolute atomic E-state index is 0.174. The zero-order valence-electron chi connectivity index (χ0n) is 10.4. The Morgan fingerprint density at radius 1 is 1.17 bits per heavy atom. The Balaban J connectivity index is 2.17. The predicted molar refractivity (Wildman–Crippen MR) is 74.6 cm³/mol. The molecular weight excluding hydrogens is 294 g/mol. The molecule has 0 aliphatic carbocycles. The lowest BCUT2D eigenvalue weighted by Crippen LogP contribution is -2.11. The van der Waals surface area contributed by atoms with E-state index in [1.165, 1.54) is 0 Å². The van der Waals surface area contributed by atoms with E-state index in [0.29, 0.717) is 4.67 Å². The lowest BCUT2D eigenvalue weighted by molar-refractivity contribution is 0.242. The Hall–Kier alpha value is -1.26. The maximum absolute atomic E-state index is 6.18. The van der Waals surface area contributed by atoms with Gasteiger partial charge in [0.15, 0.2) is 4.67 Å². The first-order chi connectivity index (χ1) is 8.58. The number of hydrogen-bond donors (Lipinski definition) is 1. The second kappa shape index (κ2) is 5.59. The standard InChI is InChI=1S/C14H16BrNO2/c1-9(2)18-11-5-3-10(4-6-11)13(16)12-7-8-17-14(12)15/h3-9,13H,16H2,1-2H3. The Kier molecular flexibility index (Phi) is 4.09. The van der Waals surface area contributed by atoms with Gasteiger partial charge < -0.3 is 14.9 Å². The third-order valence-electron chi connectivity index (χ3n) is 2.59. The molecule has 0 bridgehead atoms. The highest BCUT2D eigenvalue weighted by atomic mass is 79.9. The Bertz CT molecular complexity index is 505. The first-order valence-corrected chi connectivity index (χ1v) is 6.62. The van der Waals surface area contributed by atoms with Gasteiger partial charge in [0.25, 0.3) is 0 Å². The van der Waals surface area contributed by atoms with Crippen molar-refractivity contribution in [1.82, 2.24) is 0 Å². The van der Waals surface area contributed by atoms with E-state index in [1.807, 2.05) is 44.2 Å². The molecule has 96 valence electrons. The Morgan fingerprint density at radius 2 is 1.83 bits per heavy atom. The van der Waals surface area contributed by atoms with Crippen molar-refractivity contribution in [1.29, 1.82) is 0 Å². The Labute approximate surface area is 115 Å². The molecule has 0 saturated heterocycles. The molecule has 0 saturated carbocycles. The summed E-state index contributed by atoms with van der Waals surface area (Å²) in [6.07, 6.45) is 1.79. The van der Waals surface area contributed by atoms with Crippen LogP contribution in [0.4, 0.5) is 0 Å². The number of furan rings is 1. The highest BCUT2D eigenvalue weighted by molar-refractivity contribution is 9.10. The van der Waals surface area contributed by atoms with Gasteiger partial charge in [0, 0.05) is 5.56 Å². The first-order valence-electron chi connectivity index (χ1n) is 5.83. The summed E-state index contributed by atoms with van der Waals surface area (Å²) < 4.78 is 11.5. The highest BCUT2D eigenvalue weighted by Gasteiger charge is 2.14. The number of halogens is 1. The van der Waals surface area contributed by atoms with Crippen LogP contribution in [0.15, 0.2) is 45.7 Å². The normalized spacial score (nSPS) is 12.7. The number of ether oxygens (including phenoxy) is 1. The minimum atomic E-state index is -0.203. The van der Waals surface area contributed by atoms with E-state index in [4.69, 9.17) is 14.9 Å². The van der Waals surface area contributed by atoms with Crippen LogP contribution < -0.4 is 10.5 Å². The molecule has 0 fully saturated rings. The summed E-state index contributed by atoms with van der Waals surface area (Å²) in [6.45, 7) is 4.00. The van der Waals surface area contributed by atoms with Gasteiger partial charge in [0.05, 0.1) is 18.4 Å². The number of hydrogen-bond acceptors (Lipinski definition) is 3. The average Bonchev–Trinajstić information content (AvgIpc) is 2.75. The molecule has 1 atom stereocenters. The van der Waals surface area contributed by atoms with E-state index in [1.54, 1.807) is 6.26 Å². The van der Waals surface area contributed by atoms with Gasteiger partial charge in [0.1, 0.15) is 5.75 Å². The van der Waals surface area contributed by atoms with Crippen molar-refractivity contribution in [2.24, 2.45) is 5.73 Å². The summed E-state index contributed by atoms with van der Waals surface area (Å²) in [5, 5.41) is 0. The molecule has 0 radical (unpaired) electrons. The molecule has 0 amide bonds. The van der Waals surface area contributed by atoms with Crippen molar-refractivity contribution in [3.63, 3.8) is 0 Å². The largest absolute Gasteiger partial charge is 0.491 e.